The van der Waals surface area contributed by atoms with Gasteiger partial charge in [-0.3, -0.25) is 14.4 Å². The molecule has 1 atom stereocenters. The Morgan fingerprint density at radius 1 is 1.15 bits per heavy atom. The first kappa shape index (κ1) is 19.8. The maximum Gasteiger partial charge on any atom is 0.266 e. The van der Waals surface area contributed by atoms with Gasteiger partial charge in [0.25, 0.3) is 11.8 Å². The number of carbonyl (C=O) groups is 1. The van der Waals surface area contributed by atoms with Crippen molar-refractivity contribution in [1.29, 1.82) is 0 Å². The van der Waals surface area contributed by atoms with E-state index < -0.39 is 24.3 Å². The molecule has 1 unspecified atom stereocenters. The molecule has 4 heterocycles. The Morgan fingerprint density at radius 3 is 2.73 bits per heavy atom. The van der Waals surface area contributed by atoms with Gasteiger partial charge in [0, 0.05) is 37.0 Å². The summed E-state index contributed by atoms with van der Waals surface area (Å²) in [6.07, 6.45) is 2.80. The molecule has 1 N–H and O–H groups in total. The van der Waals surface area contributed by atoms with Crippen LogP contribution >= 0.6 is 0 Å². The highest BCUT2D eigenvalue weighted by Crippen LogP contribution is 2.43. The SMILES string of the molecule is Cn1ncc2c1C(c1ccc(N3CCC(F)(F)C3)cc1F)N(c1ccc3nc[nH]c3c1)C2=O. The van der Waals surface area contributed by atoms with Crippen LogP contribution < -0.4 is 9.80 Å². The lowest BCUT2D eigenvalue weighted by molar-refractivity contribution is 0.0257. The monoisotopic (exact) mass is 452 g/mol. The van der Waals surface area contributed by atoms with E-state index in [1.807, 2.05) is 0 Å². The average molecular weight is 452 g/mol. The molecule has 0 bridgehead atoms. The normalized spacial score (nSPS) is 19.6. The maximum atomic E-state index is 15.5. The fourth-order valence-electron chi connectivity index (χ4n) is 4.82. The first-order chi connectivity index (χ1) is 15.8. The van der Waals surface area contributed by atoms with Crippen LogP contribution in [-0.4, -0.2) is 44.7 Å². The van der Waals surface area contributed by atoms with Gasteiger partial charge in [0.05, 0.1) is 41.4 Å². The minimum Gasteiger partial charge on any atom is -0.365 e. The second-order valence-electron chi connectivity index (χ2n) is 8.48. The predicted octanol–water partition coefficient (Wildman–Crippen LogP) is 4.03. The first-order valence-corrected chi connectivity index (χ1v) is 10.5. The molecule has 6 rings (SSSR count). The molecule has 2 aromatic heterocycles. The molecule has 7 nitrogen and oxygen atoms in total. The third-order valence-corrected chi connectivity index (χ3v) is 6.45. The summed E-state index contributed by atoms with van der Waals surface area (Å²) in [6, 6.07) is 9.08. The zero-order valence-corrected chi connectivity index (χ0v) is 17.6. The third kappa shape index (κ3) is 3.00. The van der Waals surface area contributed by atoms with Crippen LogP contribution in [0.4, 0.5) is 24.5 Å². The van der Waals surface area contributed by atoms with Gasteiger partial charge in [-0.05, 0) is 30.3 Å². The van der Waals surface area contributed by atoms with Crippen LogP contribution in [-0.2, 0) is 7.05 Å². The summed E-state index contributed by atoms with van der Waals surface area (Å²) in [4.78, 5) is 23.6. The van der Waals surface area contributed by atoms with Crippen LogP contribution in [0.2, 0.25) is 0 Å². The van der Waals surface area contributed by atoms with Gasteiger partial charge >= 0.3 is 0 Å². The Labute approximate surface area is 186 Å². The van der Waals surface area contributed by atoms with Gasteiger partial charge in [0.15, 0.2) is 0 Å². The van der Waals surface area contributed by atoms with Crippen molar-refractivity contribution in [2.75, 3.05) is 22.9 Å². The fraction of sp³-hybridized carbons (Fsp3) is 0.261. The number of rotatable bonds is 3. The van der Waals surface area contributed by atoms with E-state index >= 15 is 4.39 Å². The third-order valence-electron chi connectivity index (χ3n) is 6.45. The lowest BCUT2D eigenvalue weighted by Gasteiger charge is -2.27. The molecule has 4 aromatic rings. The summed E-state index contributed by atoms with van der Waals surface area (Å²) in [5, 5.41) is 4.20. The van der Waals surface area contributed by atoms with Gasteiger partial charge in [0.2, 0.25) is 0 Å². The van der Waals surface area contributed by atoms with Gasteiger partial charge in [0.1, 0.15) is 11.9 Å². The molecule has 0 spiro atoms. The number of carbonyl (C=O) groups excluding carboxylic acids is 1. The summed E-state index contributed by atoms with van der Waals surface area (Å²) in [7, 11) is 1.71. The number of benzene rings is 2. The summed E-state index contributed by atoms with van der Waals surface area (Å²) < 4.78 is 44.4. The van der Waals surface area contributed by atoms with E-state index in [0.717, 1.165) is 11.0 Å². The van der Waals surface area contributed by atoms with Gasteiger partial charge < -0.3 is 9.88 Å². The van der Waals surface area contributed by atoms with Crippen molar-refractivity contribution in [1.82, 2.24) is 19.7 Å². The molecule has 2 aliphatic heterocycles. The highest BCUT2D eigenvalue weighted by molar-refractivity contribution is 6.11. The van der Waals surface area contributed by atoms with Gasteiger partial charge in [-0.2, -0.15) is 5.10 Å². The number of fused-ring (bicyclic) bond motifs is 2. The number of aromatic nitrogens is 4. The zero-order chi connectivity index (χ0) is 22.9. The van der Waals surface area contributed by atoms with E-state index in [-0.39, 0.29) is 24.4 Å². The molecule has 1 saturated heterocycles. The van der Waals surface area contributed by atoms with Crippen LogP contribution in [0.25, 0.3) is 11.0 Å². The van der Waals surface area contributed by atoms with Crippen LogP contribution in [0, 0.1) is 5.82 Å². The molecule has 0 aliphatic carbocycles. The van der Waals surface area contributed by atoms with Crippen LogP contribution in [0.15, 0.2) is 48.9 Å². The Hall–Kier alpha value is -3.82. The second-order valence-corrected chi connectivity index (χ2v) is 8.48. The molecule has 0 radical (unpaired) electrons. The molecular weight excluding hydrogens is 433 g/mol. The van der Waals surface area contributed by atoms with E-state index in [2.05, 4.69) is 15.1 Å². The van der Waals surface area contributed by atoms with E-state index in [0.29, 0.717) is 22.6 Å². The number of nitrogens with zero attached hydrogens (tertiary/aromatic N) is 5. The summed E-state index contributed by atoms with van der Waals surface area (Å²) in [5.41, 5.74) is 3.72. The molecule has 168 valence electrons. The van der Waals surface area contributed by atoms with Crippen molar-refractivity contribution < 1.29 is 18.0 Å². The van der Waals surface area contributed by atoms with E-state index in [4.69, 9.17) is 0 Å². The lowest BCUT2D eigenvalue weighted by Crippen LogP contribution is -2.30. The van der Waals surface area contributed by atoms with E-state index in [9.17, 15) is 13.6 Å². The van der Waals surface area contributed by atoms with E-state index in [1.54, 1.807) is 48.4 Å². The van der Waals surface area contributed by atoms with Crippen molar-refractivity contribution in [3.63, 3.8) is 0 Å². The standard InChI is InChI=1S/C23H19F3N6O/c1-30-20-16(10-29-30)22(33)32(14-3-5-18-19(9-14)28-12-27-18)21(20)15-4-2-13(8-17(15)24)31-7-6-23(25,26)11-31/h2-5,8-10,12,21H,6-7,11H2,1H3,(H,27,28). The maximum absolute atomic E-state index is 15.5. The van der Waals surface area contributed by atoms with Gasteiger partial charge in [-0.15, -0.1) is 0 Å². The number of hydrogen-bond donors (Lipinski definition) is 1. The number of halogens is 3. The predicted molar refractivity (Wildman–Crippen MR) is 116 cm³/mol. The highest BCUT2D eigenvalue weighted by Gasteiger charge is 2.43. The lowest BCUT2D eigenvalue weighted by atomic mass is 10.0. The summed E-state index contributed by atoms with van der Waals surface area (Å²) in [5.74, 6) is -3.63. The van der Waals surface area contributed by atoms with Crippen LogP contribution in [0.3, 0.4) is 0 Å². The number of aryl methyl sites for hydroxylation is 1. The Balaban J connectivity index is 1.45. The highest BCUT2D eigenvalue weighted by atomic mass is 19.3. The molecule has 1 fully saturated rings. The smallest absolute Gasteiger partial charge is 0.266 e. The Morgan fingerprint density at radius 2 is 1.97 bits per heavy atom. The number of anilines is 2. The minimum absolute atomic E-state index is 0.163. The van der Waals surface area contributed by atoms with Crippen LogP contribution in [0.5, 0.6) is 0 Å². The Kier molecular flexibility index (Phi) is 4.11. The van der Waals surface area contributed by atoms with Crippen LogP contribution in [0.1, 0.15) is 34.1 Å². The number of H-pyrrole nitrogens is 1. The topological polar surface area (TPSA) is 70.1 Å². The molecule has 2 aliphatic rings. The Bertz CT molecular complexity index is 1410. The summed E-state index contributed by atoms with van der Waals surface area (Å²) >= 11 is 0. The largest absolute Gasteiger partial charge is 0.365 e. The zero-order valence-electron chi connectivity index (χ0n) is 17.6. The second kappa shape index (κ2) is 6.84. The van der Waals surface area contributed by atoms with E-state index in [1.165, 1.54) is 22.1 Å². The molecule has 10 heteroatoms. The number of hydrogen-bond acceptors (Lipinski definition) is 4. The number of amides is 1. The average Bonchev–Trinajstić information content (AvgIpc) is 3.53. The number of nitrogens with one attached hydrogen (secondary N) is 1. The van der Waals surface area contributed by atoms with Crippen molar-refractivity contribution in [3.8, 4) is 0 Å². The number of alkyl halides is 2. The summed E-state index contributed by atoms with van der Waals surface area (Å²) in [6.45, 7) is -0.272. The molecule has 1 amide bonds. The number of imidazole rings is 1. The minimum atomic E-state index is -2.78. The molecule has 33 heavy (non-hydrogen) atoms. The first-order valence-electron chi connectivity index (χ1n) is 10.5. The molecule has 0 saturated carbocycles. The van der Waals surface area contributed by atoms with Crippen molar-refractivity contribution in [3.05, 3.63) is 71.6 Å². The van der Waals surface area contributed by atoms with Gasteiger partial charge in [-0.1, -0.05) is 6.07 Å². The van der Waals surface area contributed by atoms with Gasteiger partial charge in [-0.25, -0.2) is 18.2 Å². The molecule has 2 aromatic carbocycles. The molecular formula is C23H19F3N6O. The fourth-order valence-corrected chi connectivity index (χ4v) is 4.82. The van der Waals surface area contributed by atoms with Crippen molar-refractivity contribution in [2.45, 2.75) is 18.4 Å². The number of aromatic amines is 1. The quantitative estimate of drug-likeness (QED) is 0.510. The van der Waals surface area contributed by atoms with Crippen molar-refractivity contribution >= 4 is 28.3 Å². The van der Waals surface area contributed by atoms with Crippen molar-refractivity contribution in [2.24, 2.45) is 7.05 Å².